The minimum Gasteiger partial charge on any atom is -0.403 e. The summed E-state index contributed by atoms with van der Waals surface area (Å²) in [4.78, 5) is 17.2. The van der Waals surface area contributed by atoms with Gasteiger partial charge in [0.15, 0.2) is 17.3 Å². The van der Waals surface area contributed by atoms with Gasteiger partial charge in [0.25, 0.3) is 5.91 Å². The number of ether oxygens (including phenoxy) is 1. The molecule has 1 aromatic carbocycles. The third-order valence-corrected chi connectivity index (χ3v) is 4.48. The van der Waals surface area contributed by atoms with E-state index >= 15 is 0 Å². The number of halogens is 4. The molecule has 0 aliphatic heterocycles. The molecule has 32 heavy (non-hydrogen) atoms. The number of nitrogens with zero attached hydrogens (tertiary/aromatic N) is 2. The molecule has 2 N–H and O–H groups in total. The number of nitrogens with one attached hydrogen (secondary N) is 1. The van der Waals surface area contributed by atoms with E-state index in [0.29, 0.717) is 5.69 Å². The molecule has 3 rings (SSSR count). The van der Waals surface area contributed by atoms with E-state index in [1.54, 1.807) is 18.2 Å². The van der Waals surface area contributed by atoms with E-state index in [9.17, 15) is 27.5 Å². The maximum Gasteiger partial charge on any atom is 0.573 e. The van der Waals surface area contributed by atoms with Gasteiger partial charge in [0.1, 0.15) is 11.3 Å². The summed E-state index contributed by atoms with van der Waals surface area (Å²) in [6.07, 6.45) is -3.57. The van der Waals surface area contributed by atoms with Crippen molar-refractivity contribution >= 4 is 5.91 Å². The summed E-state index contributed by atoms with van der Waals surface area (Å²) in [6, 6.07) is 6.42. The molecule has 11 heteroatoms. The molecular weight excluding hydrogens is 434 g/mol. The first-order valence-electron chi connectivity index (χ1n) is 9.33. The van der Waals surface area contributed by atoms with E-state index in [1.165, 1.54) is 27.0 Å². The average molecular weight is 453 g/mol. The van der Waals surface area contributed by atoms with Gasteiger partial charge in [-0.3, -0.25) is 9.78 Å². The first kappa shape index (κ1) is 23.2. The summed E-state index contributed by atoms with van der Waals surface area (Å²) in [5, 5.41) is 16.9. The molecule has 0 spiro atoms. The first-order valence-corrected chi connectivity index (χ1v) is 9.33. The van der Waals surface area contributed by atoms with Gasteiger partial charge >= 0.3 is 6.36 Å². The van der Waals surface area contributed by atoms with Crippen LogP contribution in [0.15, 0.2) is 47.1 Å². The Bertz CT molecular complexity index is 1110. The van der Waals surface area contributed by atoms with Crippen LogP contribution in [-0.4, -0.2) is 33.1 Å². The fraction of sp³-hybridized carbons (Fsp3) is 0.286. The number of rotatable bonds is 6. The molecule has 2 heterocycles. The zero-order valence-electron chi connectivity index (χ0n) is 17.2. The van der Waals surface area contributed by atoms with Crippen molar-refractivity contribution in [2.24, 2.45) is 0 Å². The Balaban J connectivity index is 1.94. The van der Waals surface area contributed by atoms with Gasteiger partial charge in [-0.2, -0.15) is 0 Å². The maximum absolute atomic E-state index is 14.2. The highest BCUT2D eigenvalue weighted by atomic mass is 19.4. The molecule has 1 amide bonds. The Morgan fingerprint density at radius 2 is 1.94 bits per heavy atom. The second kappa shape index (κ2) is 8.58. The Morgan fingerprint density at radius 3 is 2.50 bits per heavy atom. The minimum atomic E-state index is -5.07. The number of amides is 1. The van der Waals surface area contributed by atoms with Crippen molar-refractivity contribution in [1.82, 2.24) is 15.5 Å². The molecule has 0 saturated carbocycles. The summed E-state index contributed by atoms with van der Waals surface area (Å²) in [5.74, 6) is -2.95. The van der Waals surface area contributed by atoms with Crippen LogP contribution in [0.1, 0.15) is 41.5 Å². The third kappa shape index (κ3) is 5.22. The van der Waals surface area contributed by atoms with Crippen LogP contribution in [0, 0.1) is 12.7 Å². The van der Waals surface area contributed by atoms with Crippen molar-refractivity contribution < 1.29 is 36.7 Å². The Morgan fingerprint density at radius 1 is 1.22 bits per heavy atom. The zero-order valence-corrected chi connectivity index (χ0v) is 17.2. The molecule has 0 bridgehead atoms. The number of hydrogen-bond acceptors (Lipinski definition) is 6. The van der Waals surface area contributed by atoms with Gasteiger partial charge in [-0.05, 0) is 50.6 Å². The maximum atomic E-state index is 14.2. The number of hydrogen-bond donors (Lipinski definition) is 2. The first-order chi connectivity index (χ1) is 14.9. The second-order valence-corrected chi connectivity index (χ2v) is 7.48. The highest BCUT2D eigenvalue weighted by molar-refractivity contribution is 6.00. The molecule has 170 valence electrons. The molecule has 7 nitrogen and oxygen atoms in total. The van der Waals surface area contributed by atoms with Gasteiger partial charge in [0.2, 0.25) is 0 Å². The van der Waals surface area contributed by atoms with Crippen molar-refractivity contribution in [2.75, 3.05) is 0 Å². The Labute approximate surface area is 180 Å². The highest BCUT2D eigenvalue weighted by Gasteiger charge is 2.35. The normalized spacial score (nSPS) is 13.0. The Hall–Kier alpha value is -3.47. The predicted molar refractivity (Wildman–Crippen MR) is 104 cm³/mol. The summed E-state index contributed by atoms with van der Waals surface area (Å²) < 4.78 is 60.3. The van der Waals surface area contributed by atoms with Crippen molar-refractivity contribution in [3.8, 4) is 17.2 Å². The second-order valence-electron chi connectivity index (χ2n) is 7.48. The minimum absolute atomic E-state index is 0.0198. The molecule has 0 aliphatic carbocycles. The molecule has 0 radical (unpaired) electrons. The van der Waals surface area contributed by atoms with Crippen LogP contribution in [0.4, 0.5) is 17.6 Å². The third-order valence-electron chi connectivity index (χ3n) is 4.48. The van der Waals surface area contributed by atoms with Gasteiger partial charge in [-0.15, -0.1) is 13.2 Å². The van der Waals surface area contributed by atoms with Gasteiger partial charge in [-0.25, -0.2) is 4.39 Å². The molecule has 0 saturated heterocycles. The zero-order chi connectivity index (χ0) is 23.7. The number of pyridine rings is 1. The lowest BCUT2D eigenvalue weighted by Gasteiger charge is -2.31. The predicted octanol–water partition coefficient (Wildman–Crippen LogP) is 4.32. The lowest BCUT2D eigenvalue weighted by molar-refractivity contribution is -0.275. The van der Waals surface area contributed by atoms with E-state index in [1.807, 2.05) is 0 Å². The summed E-state index contributed by atoms with van der Waals surface area (Å²) >= 11 is 0. The average Bonchev–Trinajstić information content (AvgIpc) is 3.08. The molecule has 1 atom stereocenters. The molecular formula is C21H19F4N3O4. The van der Waals surface area contributed by atoms with Crippen LogP contribution in [0.5, 0.6) is 5.75 Å². The number of aromatic nitrogens is 2. The molecule has 0 aliphatic rings. The fourth-order valence-corrected chi connectivity index (χ4v) is 3.08. The highest BCUT2D eigenvalue weighted by Crippen LogP contribution is 2.32. The van der Waals surface area contributed by atoms with Crippen molar-refractivity contribution in [3.05, 3.63) is 65.2 Å². The van der Waals surface area contributed by atoms with Gasteiger partial charge in [0, 0.05) is 6.20 Å². The molecule has 2 aromatic heterocycles. The lowest BCUT2D eigenvalue weighted by atomic mass is 9.91. The summed E-state index contributed by atoms with van der Waals surface area (Å²) in [6.45, 7) is 4.25. The van der Waals surface area contributed by atoms with Crippen molar-refractivity contribution in [2.45, 2.75) is 38.8 Å². The number of benzene rings is 1. The topological polar surface area (TPSA) is 97.5 Å². The Kier molecular flexibility index (Phi) is 6.22. The van der Waals surface area contributed by atoms with Gasteiger partial charge in [-0.1, -0.05) is 17.3 Å². The number of aliphatic hydroxyl groups is 1. The number of carbonyl (C=O) groups excluding carboxylic acids is 1. The van der Waals surface area contributed by atoms with E-state index in [-0.39, 0.29) is 22.6 Å². The van der Waals surface area contributed by atoms with Crippen LogP contribution in [0.3, 0.4) is 0 Å². The molecule has 0 unspecified atom stereocenters. The van der Waals surface area contributed by atoms with E-state index in [2.05, 4.69) is 20.2 Å². The quantitative estimate of drug-likeness (QED) is 0.540. The van der Waals surface area contributed by atoms with Crippen LogP contribution in [-0.2, 0) is 0 Å². The van der Waals surface area contributed by atoms with Crippen molar-refractivity contribution in [3.63, 3.8) is 0 Å². The lowest BCUT2D eigenvalue weighted by Crippen LogP contribution is -2.42. The van der Waals surface area contributed by atoms with Crippen LogP contribution < -0.4 is 10.1 Å². The fourth-order valence-electron chi connectivity index (χ4n) is 3.08. The van der Waals surface area contributed by atoms with Crippen LogP contribution in [0.25, 0.3) is 11.5 Å². The van der Waals surface area contributed by atoms with Gasteiger partial charge in [0.05, 0.1) is 17.3 Å². The number of carbonyl (C=O) groups is 1. The van der Waals surface area contributed by atoms with Crippen LogP contribution in [0.2, 0.25) is 0 Å². The van der Waals surface area contributed by atoms with Gasteiger partial charge < -0.3 is 19.7 Å². The standard InChI is InChI=1S/C21H19F4N3O4/c1-11-16(17(32-28-11)14-6-4-5-9-26-14)19(29)27-18(20(2,3)30)12-7-8-15(13(22)10-12)31-21(23,24)25/h4-10,18,30H,1-3H3,(H,27,29)/t18-/m0/s1. The SMILES string of the molecule is Cc1noc(-c2ccccn2)c1C(=O)N[C@@H](c1ccc(OC(F)(F)F)c(F)c1)C(C)(C)O. The molecule has 0 fully saturated rings. The monoisotopic (exact) mass is 453 g/mol. The van der Waals surface area contributed by atoms with Crippen LogP contribution >= 0.6 is 0 Å². The summed E-state index contributed by atoms with van der Waals surface area (Å²) in [5.41, 5.74) is -0.956. The summed E-state index contributed by atoms with van der Waals surface area (Å²) in [7, 11) is 0. The van der Waals surface area contributed by atoms with E-state index in [4.69, 9.17) is 4.52 Å². The van der Waals surface area contributed by atoms with Crippen molar-refractivity contribution in [1.29, 1.82) is 0 Å². The number of aryl methyl sites for hydroxylation is 1. The number of alkyl halides is 3. The molecule has 3 aromatic rings. The van der Waals surface area contributed by atoms with E-state index < -0.39 is 35.5 Å². The largest absolute Gasteiger partial charge is 0.573 e. The van der Waals surface area contributed by atoms with E-state index in [0.717, 1.165) is 18.2 Å². The smallest absolute Gasteiger partial charge is 0.403 e.